The van der Waals surface area contributed by atoms with Crippen molar-refractivity contribution in [3.63, 3.8) is 0 Å². The first-order valence-corrected chi connectivity index (χ1v) is 10.8. The van der Waals surface area contributed by atoms with Crippen LogP contribution < -0.4 is 16.0 Å². The van der Waals surface area contributed by atoms with E-state index in [9.17, 15) is 9.59 Å². The summed E-state index contributed by atoms with van der Waals surface area (Å²) in [6, 6.07) is -0.230. The number of carbonyl (C=O) groups excluding carboxylic acids is 2. The van der Waals surface area contributed by atoms with Crippen molar-refractivity contribution >= 4 is 24.2 Å². The van der Waals surface area contributed by atoms with Gasteiger partial charge in [-0.25, -0.2) is 0 Å². The molecule has 3 N–H and O–H groups in total. The third-order valence-electron chi connectivity index (χ3n) is 7.40. The normalized spacial score (nSPS) is 38.2. The first-order chi connectivity index (χ1) is 12.4. The molecule has 0 radical (unpaired) electrons. The van der Waals surface area contributed by atoms with Gasteiger partial charge in [0.15, 0.2) is 0 Å². The molecule has 4 saturated carbocycles. The Balaban J connectivity index is 0.00000210. The van der Waals surface area contributed by atoms with Crippen molar-refractivity contribution in [3.05, 3.63) is 0 Å². The average Bonchev–Trinajstić information content (AvgIpc) is 2.58. The second kappa shape index (κ2) is 8.28. The molecule has 0 aromatic heterocycles. The summed E-state index contributed by atoms with van der Waals surface area (Å²) in [5, 5.41) is 9.69. The predicted molar refractivity (Wildman–Crippen MR) is 109 cm³/mol. The molecule has 154 valence electrons. The minimum atomic E-state index is -0.419. The molecule has 1 heterocycles. The number of hydrogen-bond acceptors (Lipinski definition) is 3. The molecule has 27 heavy (non-hydrogen) atoms. The van der Waals surface area contributed by atoms with E-state index in [1.165, 1.54) is 19.3 Å². The molecule has 5 aliphatic rings. The van der Waals surface area contributed by atoms with Crippen molar-refractivity contribution < 1.29 is 9.59 Å². The van der Waals surface area contributed by atoms with Crippen LogP contribution in [0.2, 0.25) is 0 Å². The van der Waals surface area contributed by atoms with Crippen molar-refractivity contribution in [3.8, 4) is 0 Å². The number of amides is 2. The van der Waals surface area contributed by atoms with Gasteiger partial charge in [-0.3, -0.25) is 9.59 Å². The minimum Gasteiger partial charge on any atom is -0.350 e. The topological polar surface area (TPSA) is 70.2 Å². The summed E-state index contributed by atoms with van der Waals surface area (Å²) in [6.07, 6.45) is 9.24. The van der Waals surface area contributed by atoms with Crippen LogP contribution in [0, 0.1) is 29.1 Å². The molecule has 6 heteroatoms. The maximum absolute atomic E-state index is 13.3. The number of nitrogens with one attached hydrogen (secondary N) is 3. The first kappa shape index (κ1) is 20.9. The number of carbonyl (C=O) groups is 2. The molecule has 2 unspecified atom stereocenters. The molecule has 1 aliphatic heterocycles. The van der Waals surface area contributed by atoms with Gasteiger partial charge < -0.3 is 16.0 Å². The maximum atomic E-state index is 13.3. The van der Waals surface area contributed by atoms with Crippen LogP contribution in [0.15, 0.2) is 0 Å². The molecule has 4 bridgehead atoms. The molecule has 1 saturated heterocycles. The fraction of sp³-hybridized carbons (Fsp3) is 0.905. The average molecular weight is 398 g/mol. The molecule has 2 amide bonds. The van der Waals surface area contributed by atoms with Gasteiger partial charge in [-0.1, -0.05) is 13.8 Å². The molecule has 0 aromatic carbocycles. The Bertz CT molecular complexity index is 524. The summed E-state index contributed by atoms with van der Waals surface area (Å²) in [5.41, 5.74) is -0.186. The number of halogens is 1. The smallest absolute Gasteiger partial charge is 0.243 e. The van der Waals surface area contributed by atoms with Crippen LogP contribution in [-0.2, 0) is 9.59 Å². The van der Waals surface area contributed by atoms with E-state index in [0.29, 0.717) is 0 Å². The van der Waals surface area contributed by atoms with Crippen molar-refractivity contribution in [2.75, 3.05) is 13.1 Å². The second-order valence-electron chi connectivity index (χ2n) is 9.94. The van der Waals surface area contributed by atoms with Gasteiger partial charge >= 0.3 is 0 Å². The van der Waals surface area contributed by atoms with E-state index < -0.39 is 6.04 Å². The Labute approximate surface area is 169 Å². The van der Waals surface area contributed by atoms with Gasteiger partial charge in [-0.2, -0.15) is 0 Å². The molecule has 5 nitrogen and oxygen atoms in total. The highest BCUT2D eigenvalue weighted by Crippen LogP contribution is 2.60. The number of hydrogen-bond donors (Lipinski definition) is 3. The third-order valence-corrected chi connectivity index (χ3v) is 7.40. The Morgan fingerprint density at radius 2 is 1.63 bits per heavy atom. The summed E-state index contributed by atoms with van der Waals surface area (Å²) in [5.74, 6) is 2.48. The lowest BCUT2D eigenvalue weighted by molar-refractivity contribution is -0.149. The van der Waals surface area contributed by atoms with E-state index >= 15 is 0 Å². The highest BCUT2D eigenvalue weighted by atomic mass is 35.5. The van der Waals surface area contributed by atoms with Crippen LogP contribution in [0.4, 0.5) is 0 Å². The summed E-state index contributed by atoms with van der Waals surface area (Å²) in [4.78, 5) is 26.2. The van der Waals surface area contributed by atoms with Gasteiger partial charge in [0.2, 0.25) is 11.8 Å². The van der Waals surface area contributed by atoms with Gasteiger partial charge in [0.25, 0.3) is 0 Å². The van der Waals surface area contributed by atoms with Crippen molar-refractivity contribution in [1.82, 2.24) is 16.0 Å². The van der Waals surface area contributed by atoms with Crippen LogP contribution in [0.3, 0.4) is 0 Å². The van der Waals surface area contributed by atoms with E-state index in [2.05, 4.69) is 16.0 Å². The largest absolute Gasteiger partial charge is 0.350 e. The Morgan fingerprint density at radius 1 is 1.04 bits per heavy atom. The SMILES string of the molecule is CC(C)C(NC(=O)C12CC3CC(CC(C3)C1)C2)C(=O)NC1CCCNC1.Cl. The van der Waals surface area contributed by atoms with E-state index in [1.807, 2.05) is 13.8 Å². The van der Waals surface area contributed by atoms with Crippen LogP contribution in [0.5, 0.6) is 0 Å². The van der Waals surface area contributed by atoms with E-state index in [0.717, 1.165) is 62.9 Å². The van der Waals surface area contributed by atoms with Crippen LogP contribution in [0.25, 0.3) is 0 Å². The Hall–Kier alpha value is -0.810. The van der Waals surface area contributed by atoms with Gasteiger partial charge in [-0.15, -0.1) is 12.4 Å². The van der Waals surface area contributed by atoms with Gasteiger partial charge in [0.1, 0.15) is 6.04 Å². The van der Waals surface area contributed by atoms with Gasteiger partial charge in [0.05, 0.1) is 0 Å². The van der Waals surface area contributed by atoms with E-state index in [4.69, 9.17) is 0 Å². The maximum Gasteiger partial charge on any atom is 0.243 e. The van der Waals surface area contributed by atoms with Gasteiger partial charge in [0, 0.05) is 18.0 Å². The lowest BCUT2D eigenvalue weighted by Crippen LogP contribution is -2.59. The summed E-state index contributed by atoms with van der Waals surface area (Å²) in [7, 11) is 0. The standard InChI is InChI=1S/C21H35N3O2.ClH/c1-13(2)18(19(25)23-17-4-3-5-22-12-17)24-20(26)21-9-14-6-15(10-21)8-16(7-14)11-21;/h13-18,22H,3-12H2,1-2H3,(H,23,25)(H,24,26);1H. The molecule has 0 aromatic rings. The zero-order chi connectivity index (χ0) is 18.3. The van der Waals surface area contributed by atoms with Crippen molar-refractivity contribution in [2.45, 2.75) is 77.3 Å². The Kier molecular flexibility index (Phi) is 6.41. The molecule has 5 fully saturated rings. The summed E-state index contributed by atoms with van der Waals surface area (Å²) in [6.45, 7) is 5.93. The van der Waals surface area contributed by atoms with E-state index in [-0.39, 0.29) is 41.6 Å². The summed E-state index contributed by atoms with van der Waals surface area (Å²) < 4.78 is 0. The quantitative estimate of drug-likeness (QED) is 0.667. The van der Waals surface area contributed by atoms with Crippen LogP contribution >= 0.6 is 12.4 Å². The highest BCUT2D eigenvalue weighted by molar-refractivity contribution is 5.90. The Morgan fingerprint density at radius 3 is 2.11 bits per heavy atom. The van der Waals surface area contributed by atoms with Crippen LogP contribution in [0.1, 0.15) is 65.2 Å². The highest BCUT2D eigenvalue weighted by Gasteiger charge is 2.55. The minimum absolute atomic E-state index is 0. The zero-order valence-corrected chi connectivity index (χ0v) is 17.6. The van der Waals surface area contributed by atoms with Crippen molar-refractivity contribution in [2.24, 2.45) is 29.1 Å². The second-order valence-corrected chi connectivity index (χ2v) is 9.94. The zero-order valence-electron chi connectivity index (χ0n) is 16.8. The third kappa shape index (κ3) is 4.29. The van der Waals surface area contributed by atoms with E-state index in [1.54, 1.807) is 0 Å². The monoisotopic (exact) mass is 397 g/mol. The molecule has 0 spiro atoms. The van der Waals surface area contributed by atoms with Crippen molar-refractivity contribution in [1.29, 1.82) is 0 Å². The lowest BCUT2D eigenvalue weighted by atomic mass is 9.49. The number of piperidine rings is 1. The molecular formula is C21H36ClN3O2. The van der Waals surface area contributed by atoms with Crippen LogP contribution in [-0.4, -0.2) is 37.0 Å². The number of rotatable bonds is 5. The predicted octanol–water partition coefficient (Wildman–Crippen LogP) is 2.63. The molecule has 4 aliphatic carbocycles. The molecular weight excluding hydrogens is 362 g/mol. The molecule has 2 atom stereocenters. The van der Waals surface area contributed by atoms with Gasteiger partial charge in [-0.05, 0) is 81.6 Å². The first-order valence-electron chi connectivity index (χ1n) is 10.8. The summed E-state index contributed by atoms with van der Waals surface area (Å²) >= 11 is 0. The fourth-order valence-corrected chi connectivity index (χ4v) is 6.48. The lowest BCUT2D eigenvalue weighted by Gasteiger charge is -2.55. The molecule has 5 rings (SSSR count). The fourth-order valence-electron chi connectivity index (χ4n) is 6.48.